The highest BCUT2D eigenvalue weighted by molar-refractivity contribution is 5.94. The van der Waals surface area contributed by atoms with E-state index in [1.807, 2.05) is 30.0 Å². The predicted molar refractivity (Wildman–Crippen MR) is 101 cm³/mol. The molecule has 3 rings (SSSR count). The SMILES string of the molecule is CCN(C(=O)C(C)Nc1ccc2c(c1)NC(=O)CC2)C1CCCCC1. The van der Waals surface area contributed by atoms with Crippen molar-refractivity contribution in [1.29, 1.82) is 0 Å². The molecule has 0 radical (unpaired) electrons. The largest absolute Gasteiger partial charge is 0.374 e. The van der Waals surface area contributed by atoms with Gasteiger partial charge in [-0.3, -0.25) is 9.59 Å². The van der Waals surface area contributed by atoms with Crippen LogP contribution in [0.2, 0.25) is 0 Å². The Morgan fingerprint density at radius 3 is 2.76 bits per heavy atom. The molecule has 2 aliphatic rings. The smallest absolute Gasteiger partial charge is 0.245 e. The van der Waals surface area contributed by atoms with Crippen LogP contribution < -0.4 is 10.6 Å². The highest BCUT2D eigenvalue weighted by Crippen LogP contribution is 2.27. The minimum Gasteiger partial charge on any atom is -0.374 e. The van der Waals surface area contributed by atoms with Gasteiger partial charge < -0.3 is 15.5 Å². The summed E-state index contributed by atoms with van der Waals surface area (Å²) < 4.78 is 0. The van der Waals surface area contributed by atoms with Crippen molar-refractivity contribution in [3.05, 3.63) is 23.8 Å². The van der Waals surface area contributed by atoms with Gasteiger partial charge >= 0.3 is 0 Å². The lowest BCUT2D eigenvalue weighted by Gasteiger charge is -2.35. The van der Waals surface area contributed by atoms with E-state index in [0.29, 0.717) is 12.5 Å². The third kappa shape index (κ3) is 4.14. The first kappa shape index (κ1) is 17.8. The summed E-state index contributed by atoms with van der Waals surface area (Å²) in [6, 6.07) is 6.08. The molecule has 0 aromatic heterocycles. The molecule has 0 bridgehead atoms. The third-order valence-corrected chi connectivity index (χ3v) is 5.40. The zero-order valence-corrected chi connectivity index (χ0v) is 15.3. The maximum Gasteiger partial charge on any atom is 0.245 e. The average Bonchev–Trinajstić information content (AvgIpc) is 2.62. The lowest BCUT2D eigenvalue weighted by atomic mass is 9.94. The van der Waals surface area contributed by atoms with Crippen molar-refractivity contribution in [2.24, 2.45) is 0 Å². The molecule has 1 saturated carbocycles. The van der Waals surface area contributed by atoms with E-state index in [-0.39, 0.29) is 17.9 Å². The molecule has 1 unspecified atom stereocenters. The lowest BCUT2D eigenvalue weighted by molar-refractivity contribution is -0.134. The Kier molecular flexibility index (Phi) is 5.61. The predicted octanol–water partition coefficient (Wildman–Crippen LogP) is 3.55. The first-order valence-electron chi connectivity index (χ1n) is 9.58. The molecule has 0 saturated heterocycles. The van der Waals surface area contributed by atoms with Gasteiger partial charge in [-0.15, -0.1) is 0 Å². The molecular weight excluding hydrogens is 314 g/mol. The van der Waals surface area contributed by atoms with Crippen molar-refractivity contribution in [2.45, 2.75) is 70.9 Å². The molecule has 1 aliphatic carbocycles. The summed E-state index contributed by atoms with van der Waals surface area (Å²) in [6.45, 7) is 4.75. The van der Waals surface area contributed by atoms with Crippen molar-refractivity contribution in [3.8, 4) is 0 Å². The topological polar surface area (TPSA) is 61.4 Å². The molecule has 1 aromatic carbocycles. The van der Waals surface area contributed by atoms with E-state index in [9.17, 15) is 9.59 Å². The Morgan fingerprint density at radius 1 is 1.28 bits per heavy atom. The molecule has 136 valence electrons. The molecule has 0 spiro atoms. The third-order valence-electron chi connectivity index (χ3n) is 5.40. The molecule has 1 fully saturated rings. The Morgan fingerprint density at radius 2 is 2.04 bits per heavy atom. The van der Waals surface area contributed by atoms with Crippen LogP contribution >= 0.6 is 0 Å². The number of rotatable bonds is 5. The summed E-state index contributed by atoms with van der Waals surface area (Å²) in [6.07, 6.45) is 7.30. The number of hydrogen-bond acceptors (Lipinski definition) is 3. The van der Waals surface area contributed by atoms with Crippen molar-refractivity contribution in [3.63, 3.8) is 0 Å². The van der Waals surface area contributed by atoms with Gasteiger partial charge in [0.2, 0.25) is 11.8 Å². The second-order valence-corrected chi connectivity index (χ2v) is 7.20. The van der Waals surface area contributed by atoms with E-state index in [0.717, 1.165) is 42.7 Å². The van der Waals surface area contributed by atoms with Gasteiger partial charge in [0.15, 0.2) is 0 Å². The van der Waals surface area contributed by atoms with Gasteiger partial charge in [0, 0.05) is 30.4 Å². The van der Waals surface area contributed by atoms with Crippen LogP contribution in [0.4, 0.5) is 11.4 Å². The van der Waals surface area contributed by atoms with Crippen molar-refractivity contribution < 1.29 is 9.59 Å². The number of anilines is 2. The fourth-order valence-corrected chi connectivity index (χ4v) is 4.01. The van der Waals surface area contributed by atoms with Gasteiger partial charge in [-0.25, -0.2) is 0 Å². The minimum atomic E-state index is -0.279. The Hall–Kier alpha value is -2.04. The van der Waals surface area contributed by atoms with Crippen molar-refractivity contribution in [1.82, 2.24) is 4.90 Å². The standard InChI is InChI=1S/C20H29N3O2/c1-3-23(17-7-5-4-6-8-17)20(25)14(2)21-16-11-9-15-10-12-19(24)22-18(15)13-16/h9,11,13-14,17,21H,3-8,10,12H2,1-2H3,(H,22,24). The van der Waals surface area contributed by atoms with E-state index >= 15 is 0 Å². The molecule has 1 heterocycles. The van der Waals surface area contributed by atoms with Crippen LogP contribution in [-0.4, -0.2) is 35.3 Å². The summed E-state index contributed by atoms with van der Waals surface area (Å²) >= 11 is 0. The number of aryl methyl sites for hydroxylation is 1. The fraction of sp³-hybridized carbons (Fsp3) is 0.600. The number of amides is 2. The molecule has 2 N–H and O–H groups in total. The minimum absolute atomic E-state index is 0.0585. The number of likely N-dealkylation sites (N-methyl/N-ethyl adjacent to an activating group) is 1. The summed E-state index contributed by atoms with van der Waals surface area (Å²) in [7, 11) is 0. The van der Waals surface area contributed by atoms with Crippen LogP contribution in [0.3, 0.4) is 0 Å². The van der Waals surface area contributed by atoms with Crippen molar-refractivity contribution >= 4 is 23.2 Å². The fourth-order valence-electron chi connectivity index (χ4n) is 4.01. The molecular formula is C20H29N3O2. The molecule has 1 atom stereocenters. The normalized spacial score (nSPS) is 18.9. The summed E-state index contributed by atoms with van der Waals surface area (Å²) in [5.41, 5.74) is 2.89. The van der Waals surface area contributed by atoms with Gasteiger partial charge in [0.25, 0.3) is 0 Å². The molecule has 5 heteroatoms. The van der Waals surface area contributed by atoms with E-state index in [4.69, 9.17) is 0 Å². The van der Waals surface area contributed by atoms with Crippen LogP contribution in [0.1, 0.15) is 57.9 Å². The number of fused-ring (bicyclic) bond motifs is 1. The van der Waals surface area contributed by atoms with Gasteiger partial charge in [-0.05, 0) is 50.8 Å². The monoisotopic (exact) mass is 343 g/mol. The number of carbonyl (C=O) groups is 2. The summed E-state index contributed by atoms with van der Waals surface area (Å²) in [5.74, 6) is 0.222. The number of nitrogens with zero attached hydrogens (tertiary/aromatic N) is 1. The molecule has 5 nitrogen and oxygen atoms in total. The molecule has 1 aliphatic heterocycles. The van der Waals surface area contributed by atoms with E-state index in [1.54, 1.807) is 0 Å². The second-order valence-electron chi connectivity index (χ2n) is 7.20. The van der Waals surface area contributed by atoms with Crippen LogP contribution in [-0.2, 0) is 16.0 Å². The molecule has 2 amide bonds. The molecule has 25 heavy (non-hydrogen) atoms. The first-order valence-corrected chi connectivity index (χ1v) is 9.58. The van der Waals surface area contributed by atoms with E-state index in [1.165, 1.54) is 19.3 Å². The maximum atomic E-state index is 12.9. The summed E-state index contributed by atoms with van der Waals surface area (Å²) in [5, 5.41) is 6.23. The van der Waals surface area contributed by atoms with Crippen molar-refractivity contribution in [2.75, 3.05) is 17.2 Å². The quantitative estimate of drug-likeness (QED) is 0.859. The Labute approximate surface area is 150 Å². The number of nitrogens with one attached hydrogen (secondary N) is 2. The number of benzene rings is 1. The highest BCUT2D eigenvalue weighted by atomic mass is 16.2. The number of hydrogen-bond donors (Lipinski definition) is 2. The molecule has 1 aromatic rings. The van der Waals surface area contributed by atoms with Crippen LogP contribution in [0.5, 0.6) is 0 Å². The lowest BCUT2D eigenvalue weighted by Crippen LogP contribution is -2.47. The first-order chi connectivity index (χ1) is 12.1. The number of carbonyl (C=O) groups excluding carboxylic acids is 2. The summed E-state index contributed by atoms with van der Waals surface area (Å²) in [4.78, 5) is 26.5. The average molecular weight is 343 g/mol. The Bertz CT molecular complexity index is 638. The zero-order valence-electron chi connectivity index (χ0n) is 15.3. The van der Waals surface area contributed by atoms with E-state index in [2.05, 4.69) is 17.6 Å². The van der Waals surface area contributed by atoms with Crippen LogP contribution in [0, 0.1) is 0 Å². The Balaban J connectivity index is 1.66. The highest BCUT2D eigenvalue weighted by Gasteiger charge is 2.27. The van der Waals surface area contributed by atoms with Crippen LogP contribution in [0.15, 0.2) is 18.2 Å². The van der Waals surface area contributed by atoms with Crippen LogP contribution in [0.25, 0.3) is 0 Å². The maximum absolute atomic E-state index is 12.9. The second kappa shape index (κ2) is 7.89. The van der Waals surface area contributed by atoms with Gasteiger partial charge in [-0.2, -0.15) is 0 Å². The van der Waals surface area contributed by atoms with Gasteiger partial charge in [0.1, 0.15) is 6.04 Å². The van der Waals surface area contributed by atoms with E-state index < -0.39 is 0 Å². The van der Waals surface area contributed by atoms with Gasteiger partial charge in [0.05, 0.1) is 0 Å². The zero-order chi connectivity index (χ0) is 17.8. The van der Waals surface area contributed by atoms with Gasteiger partial charge in [-0.1, -0.05) is 25.3 Å².